The maximum atomic E-state index is 12.2. The van der Waals surface area contributed by atoms with Gasteiger partial charge >= 0.3 is 0 Å². The molecule has 1 aliphatic rings. The van der Waals surface area contributed by atoms with Gasteiger partial charge in [0.1, 0.15) is 12.5 Å². The number of nitrogens with zero attached hydrogens (tertiary/aromatic N) is 1. The quantitative estimate of drug-likeness (QED) is 0.830. The van der Waals surface area contributed by atoms with E-state index in [-0.39, 0.29) is 12.8 Å². The molecule has 0 saturated heterocycles. The number of nitrogen functional groups attached to an aromatic ring is 1. The summed E-state index contributed by atoms with van der Waals surface area (Å²) in [5, 5.41) is 0. The van der Waals surface area contributed by atoms with Crippen molar-refractivity contribution in [1.82, 2.24) is 4.57 Å². The first-order valence-electron chi connectivity index (χ1n) is 6.57. The largest absolute Gasteiger partial charge is 0.385 e. The van der Waals surface area contributed by atoms with Crippen molar-refractivity contribution < 1.29 is 13.2 Å². The van der Waals surface area contributed by atoms with E-state index in [1.807, 2.05) is 36.5 Å². The van der Waals surface area contributed by atoms with Crippen LogP contribution in [0.3, 0.4) is 0 Å². The number of aromatic nitrogens is 1. The first-order chi connectivity index (χ1) is 9.91. The molecule has 0 amide bonds. The molecule has 1 saturated carbocycles. The van der Waals surface area contributed by atoms with Gasteiger partial charge in [-0.25, -0.2) is 13.2 Å². The van der Waals surface area contributed by atoms with Crippen molar-refractivity contribution in [2.45, 2.75) is 25.3 Å². The standard InChI is InChI=1S/C12H12BrFN2.C3H4F2/c13-11-3-1-9(2-4-11)10-7-12(15)16(8-10)6-5-14;4-3(5)1-2-3/h1-4,7-8H,5-6,15H2;1-2H2. The lowest BCUT2D eigenvalue weighted by molar-refractivity contribution is 0.120. The van der Waals surface area contributed by atoms with Gasteiger partial charge < -0.3 is 10.3 Å². The molecule has 0 atom stereocenters. The molecule has 0 bridgehead atoms. The van der Waals surface area contributed by atoms with Crippen molar-refractivity contribution in [2.75, 3.05) is 12.4 Å². The summed E-state index contributed by atoms with van der Waals surface area (Å²) in [5.41, 5.74) is 7.87. The Bertz CT molecular complexity index is 587. The van der Waals surface area contributed by atoms with E-state index >= 15 is 0 Å². The van der Waals surface area contributed by atoms with E-state index in [9.17, 15) is 13.2 Å². The fraction of sp³-hybridized carbons (Fsp3) is 0.333. The molecule has 3 rings (SSSR count). The molecule has 0 spiro atoms. The lowest BCUT2D eigenvalue weighted by Gasteiger charge is -2.00. The number of nitrogens with two attached hydrogens (primary N) is 1. The normalized spacial score (nSPS) is 15.2. The fourth-order valence-corrected chi connectivity index (χ4v) is 1.97. The van der Waals surface area contributed by atoms with Crippen LogP contribution < -0.4 is 5.73 Å². The maximum Gasteiger partial charge on any atom is 0.248 e. The summed E-state index contributed by atoms with van der Waals surface area (Å²) in [5.74, 6) is -1.66. The van der Waals surface area contributed by atoms with Gasteiger partial charge in [0.15, 0.2) is 0 Å². The topological polar surface area (TPSA) is 30.9 Å². The van der Waals surface area contributed by atoms with Crippen LogP contribution in [0.1, 0.15) is 12.8 Å². The van der Waals surface area contributed by atoms with E-state index in [0.29, 0.717) is 12.4 Å². The molecule has 114 valence electrons. The van der Waals surface area contributed by atoms with E-state index < -0.39 is 12.6 Å². The predicted octanol–water partition coefficient (Wildman–Crippen LogP) is 4.88. The molecule has 1 aliphatic carbocycles. The number of halogens is 4. The third-order valence-electron chi connectivity index (χ3n) is 3.06. The Labute approximate surface area is 129 Å². The summed E-state index contributed by atoms with van der Waals surface area (Å²) < 4.78 is 37.3. The molecule has 21 heavy (non-hydrogen) atoms. The molecule has 2 aromatic rings. The zero-order valence-electron chi connectivity index (χ0n) is 11.3. The highest BCUT2D eigenvalue weighted by atomic mass is 79.9. The summed E-state index contributed by atoms with van der Waals surface area (Å²) in [6, 6.07) is 9.80. The number of aryl methyl sites for hydroxylation is 1. The number of anilines is 1. The number of rotatable bonds is 3. The van der Waals surface area contributed by atoms with Crippen LogP contribution in [0.5, 0.6) is 0 Å². The van der Waals surface area contributed by atoms with Gasteiger partial charge in [-0.1, -0.05) is 28.1 Å². The number of benzene rings is 1. The van der Waals surface area contributed by atoms with E-state index in [1.54, 1.807) is 4.57 Å². The Hall–Kier alpha value is -1.43. The Morgan fingerprint density at radius 3 is 2.19 bits per heavy atom. The maximum absolute atomic E-state index is 12.2. The minimum atomic E-state index is -2.25. The Kier molecular flexibility index (Phi) is 4.98. The van der Waals surface area contributed by atoms with Crippen LogP contribution >= 0.6 is 15.9 Å². The monoisotopic (exact) mass is 360 g/mol. The van der Waals surface area contributed by atoms with E-state index in [4.69, 9.17) is 5.73 Å². The van der Waals surface area contributed by atoms with Gasteiger partial charge in [0.25, 0.3) is 0 Å². The first kappa shape index (κ1) is 15.9. The van der Waals surface area contributed by atoms with Gasteiger partial charge in [-0.05, 0) is 23.8 Å². The van der Waals surface area contributed by atoms with E-state index in [1.165, 1.54) is 0 Å². The van der Waals surface area contributed by atoms with Gasteiger partial charge in [0, 0.05) is 29.1 Å². The lowest BCUT2D eigenvalue weighted by atomic mass is 10.1. The summed E-state index contributed by atoms with van der Waals surface area (Å²) in [4.78, 5) is 0. The van der Waals surface area contributed by atoms with Crippen LogP contribution in [0.4, 0.5) is 19.0 Å². The highest BCUT2D eigenvalue weighted by Gasteiger charge is 2.43. The van der Waals surface area contributed by atoms with Crippen molar-refractivity contribution in [3.63, 3.8) is 0 Å². The average Bonchev–Trinajstić information content (AvgIpc) is 3.01. The van der Waals surface area contributed by atoms with Gasteiger partial charge in [0.05, 0.1) is 6.54 Å². The number of alkyl halides is 3. The Morgan fingerprint density at radius 2 is 1.71 bits per heavy atom. The predicted molar refractivity (Wildman–Crippen MR) is 82.1 cm³/mol. The average molecular weight is 361 g/mol. The zero-order valence-corrected chi connectivity index (χ0v) is 12.9. The molecular formula is C15H16BrF3N2. The molecule has 1 aromatic heterocycles. The first-order valence-corrected chi connectivity index (χ1v) is 7.36. The minimum absolute atomic E-state index is 0.118. The van der Waals surface area contributed by atoms with Crippen molar-refractivity contribution in [2.24, 2.45) is 0 Å². The molecule has 2 nitrogen and oxygen atoms in total. The highest BCUT2D eigenvalue weighted by molar-refractivity contribution is 9.10. The molecule has 1 fully saturated rings. The number of hydrogen-bond acceptors (Lipinski definition) is 1. The van der Waals surface area contributed by atoms with Crippen molar-refractivity contribution in [3.05, 3.63) is 41.0 Å². The van der Waals surface area contributed by atoms with Crippen LogP contribution in [0.2, 0.25) is 0 Å². The van der Waals surface area contributed by atoms with Crippen LogP contribution in [0.25, 0.3) is 11.1 Å². The molecular weight excluding hydrogens is 345 g/mol. The molecule has 2 N–H and O–H groups in total. The van der Waals surface area contributed by atoms with Crippen molar-refractivity contribution in [1.29, 1.82) is 0 Å². The summed E-state index contributed by atoms with van der Waals surface area (Å²) >= 11 is 3.38. The molecule has 6 heteroatoms. The minimum Gasteiger partial charge on any atom is -0.385 e. The molecule has 1 aromatic carbocycles. The van der Waals surface area contributed by atoms with Gasteiger partial charge in [0.2, 0.25) is 5.92 Å². The van der Waals surface area contributed by atoms with Crippen molar-refractivity contribution >= 4 is 21.7 Å². The molecule has 0 radical (unpaired) electrons. The van der Waals surface area contributed by atoms with E-state index in [0.717, 1.165) is 15.6 Å². The summed E-state index contributed by atoms with van der Waals surface area (Å²) in [6.07, 6.45) is 2.11. The van der Waals surface area contributed by atoms with Gasteiger partial charge in [-0.2, -0.15) is 0 Å². The second-order valence-corrected chi connectivity index (χ2v) is 5.81. The smallest absolute Gasteiger partial charge is 0.248 e. The lowest BCUT2D eigenvalue weighted by Crippen LogP contribution is -2.01. The Morgan fingerprint density at radius 1 is 1.14 bits per heavy atom. The van der Waals surface area contributed by atoms with Crippen molar-refractivity contribution in [3.8, 4) is 11.1 Å². The molecule has 1 heterocycles. The zero-order chi connectivity index (χ0) is 15.5. The van der Waals surface area contributed by atoms with Gasteiger partial charge in [-0.15, -0.1) is 0 Å². The highest BCUT2D eigenvalue weighted by Crippen LogP contribution is 2.40. The van der Waals surface area contributed by atoms with Gasteiger partial charge in [-0.3, -0.25) is 0 Å². The molecule has 0 unspecified atom stereocenters. The van der Waals surface area contributed by atoms with E-state index in [2.05, 4.69) is 15.9 Å². The van der Waals surface area contributed by atoms with Crippen LogP contribution in [0.15, 0.2) is 41.0 Å². The van der Waals surface area contributed by atoms with Crippen LogP contribution in [0, 0.1) is 0 Å². The third kappa shape index (κ3) is 4.81. The third-order valence-corrected chi connectivity index (χ3v) is 3.59. The second kappa shape index (κ2) is 6.56. The fourth-order valence-electron chi connectivity index (χ4n) is 1.70. The molecule has 0 aliphatic heterocycles. The summed E-state index contributed by atoms with van der Waals surface area (Å²) in [7, 11) is 0. The Balaban J connectivity index is 0.000000272. The second-order valence-electron chi connectivity index (χ2n) is 4.90. The van der Waals surface area contributed by atoms with Crippen LogP contribution in [-0.2, 0) is 6.54 Å². The SMILES string of the molecule is FC1(F)CC1.Nc1cc(-c2ccc(Br)cc2)cn1CCF. The summed E-state index contributed by atoms with van der Waals surface area (Å²) in [6.45, 7) is -0.0962. The number of hydrogen-bond donors (Lipinski definition) is 1. The van der Waals surface area contributed by atoms with Crippen LogP contribution in [-0.4, -0.2) is 17.2 Å².